The van der Waals surface area contributed by atoms with Crippen molar-refractivity contribution in [2.45, 2.75) is 44.3 Å². The average molecular weight is 436 g/mol. The Morgan fingerprint density at radius 3 is 2.32 bits per heavy atom. The third kappa shape index (κ3) is 7.05. The van der Waals surface area contributed by atoms with E-state index in [4.69, 9.17) is 0 Å². The highest BCUT2D eigenvalue weighted by atomic mass is 19.1. The predicted octanol–water partition coefficient (Wildman–Crippen LogP) is -0.301. The van der Waals surface area contributed by atoms with Gasteiger partial charge in [-0.15, -0.1) is 0 Å². The third-order valence-corrected chi connectivity index (χ3v) is 4.84. The van der Waals surface area contributed by atoms with Gasteiger partial charge in [-0.05, 0) is 31.0 Å². The highest BCUT2D eigenvalue weighted by Crippen LogP contribution is 2.18. The normalized spacial score (nSPS) is 24.4. The third-order valence-electron chi connectivity index (χ3n) is 4.84. The van der Waals surface area contributed by atoms with E-state index in [2.05, 4.69) is 16.0 Å². The molecule has 0 saturated carbocycles. The monoisotopic (exact) mass is 436 g/mol. The van der Waals surface area contributed by atoms with Crippen molar-refractivity contribution >= 4 is 29.6 Å². The van der Waals surface area contributed by atoms with Crippen molar-refractivity contribution in [2.75, 3.05) is 13.6 Å². The van der Waals surface area contributed by atoms with Crippen LogP contribution in [0.25, 0.3) is 0 Å². The first kappa shape index (κ1) is 23.8. The summed E-state index contributed by atoms with van der Waals surface area (Å²) in [5, 5.41) is 16.8. The van der Waals surface area contributed by atoms with E-state index < -0.39 is 53.5 Å². The van der Waals surface area contributed by atoms with Crippen LogP contribution in [0.3, 0.4) is 0 Å². The van der Waals surface area contributed by atoms with Crippen LogP contribution in [-0.4, -0.2) is 65.3 Å². The second-order valence-corrected chi connectivity index (χ2v) is 7.35. The number of carboxylic acid groups (broad SMARTS) is 1. The van der Waals surface area contributed by atoms with Crippen LogP contribution in [0, 0.1) is 5.82 Å². The fraction of sp³-hybridized carbons (Fsp3) is 0.450. The predicted molar refractivity (Wildman–Crippen MR) is 106 cm³/mol. The van der Waals surface area contributed by atoms with Gasteiger partial charge in [-0.3, -0.25) is 19.2 Å². The molecule has 10 nitrogen and oxygen atoms in total. The van der Waals surface area contributed by atoms with E-state index in [9.17, 15) is 33.5 Å². The number of hydrogen-bond donors (Lipinski definition) is 4. The SMILES string of the molecule is C[C@@H]1NC(=O)CN(C)C(=O)CC[C@@H](C(=O)O)NC(=O)C[C@H](c2ccc(F)cc2)NC1=O. The molecular formula is C20H25FN4O6. The number of likely N-dealkylation sites (N-methyl/N-ethyl adjacent to an activating group) is 1. The molecule has 1 saturated heterocycles. The first-order valence-electron chi connectivity index (χ1n) is 9.68. The average Bonchev–Trinajstić information content (AvgIpc) is 2.69. The van der Waals surface area contributed by atoms with Gasteiger partial charge >= 0.3 is 5.97 Å². The summed E-state index contributed by atoms with van der Waals surface area (Å²) in [7, 11) is 1.38. The molecule has 1 fully saturated rings. The Morgan fingerprint density at radius 1 is 1.06 bits per heavy atom. The minimum Gasteiger partial charge on any atom is -0.480 e. The summed E-state index contributed by atoms with van der Waals surface area (Å²) < 4.78 is 13.3. The number of rotatable bonds is 2. The summed E-state index contributed by atoms with van der Waals surface area (Å²) in [6, 6.07) is 1.94. The van der Waals surface area contributed by atoms with E-state index in [0.717, 1.165) is 4.90 Å². The Labute approximate surface area is 178 Å². The molecule has 1 aliphatic rings. The van der Waals surface area contributed by atoms with Crippen molar-refractivity contribution in [3.05, 3.63) is 35.6 Å². The smallest absolute Gasteiger partial charge is 0.326 e. The molecule has 2 rings (SSSR count). The molecule has 0 spiro atoms. The van der Waals surface area contributed by atoms with Crippen molar-refractivity contribution in [1.82, 2.24) is 20.9 Å². The van der Waals surface area contributed by atoms with Gasteiger partial charge in [0.05, 0.1) is 19.0 Å². The van der Waals surface area contributed by atoms with Crippen LogP contribution >= 0.6 is 0 Å². The van der Waals surface area contributed by atoms with Gasteiger partial charge in [0.25, 0.3) is 0 Å². The van der Waals surface area contributed by atoms with Gasteiger partial charge in [0.15, 0.2) is 0 Å². The summed E-state index contributed by atoms with van der Waals surface area (Å²) >= 11 is 0. The zero-order valence-electron chi connectivity index (χ0n) is 17.2. The number of benzene rings is 1. The quantitative estimate of drug-likeness (QED) is 0.501. The number of carbonyl (C=O) groups is 5. The molecule has 31 heavy (non-hydrogen) atoms. The zero-order valence-corrected chi connectivity index (χ0v) is 17.2. The van der Waals surface area contributed by atoms with Crippen molar-refractivity contribution in [1.29, 1.82) is 0 Å². The lowest BCUT2D eigenvalue weighted by Crippen LogP contribution is -2.49. The zero-order chi connectivity index (χ0) is 23.1. The van der Waals surface area contributed by atoms with E-state index in [0.29, 0.717) is 5.56 Å². The van der Waals surface area contributed by atoms with E-state index in [1.165, 1.54) is 38.2 Å². The first-order valence-corrected chi connectivity index (χ1v) is 9.68. The molecule has 1 heterocycles. The van der Waals surface area contributed by atoms with Gasteiger partial charge in [-0.1, -0.05) is 12.1 Å². The summed E-state index contributed by atoms with van der Waals surface area (Å²) in [4.78, 5) is 62.0. The van der Waals surface area contributed by atoms with Crippen LogP contribution in [0.5, 0.6) is 0 Å². The molecule has 4 N–H and O–H groups in total. The van der Waals surface area contributed by atoms with Gasteiger partial charge in [0.2, 0.25) is 23.6 Å². The lowest BCUT2D eigenvalue weighted by atomic mass is 10.0. The number of nitrogens with zero attached hydrogens (tertiary/aromatic N) is 1. The minimum atomic E-state index is -1.33. The molecule has 3 atom stereocenters. The largest absolute Gasteiger partial charge is 0.480 e. The molecule has 0 bridgehead atoms. The van der Waals surface area contributed by atoms with E-state index in [1.54, 1.807) is 0 Å². The number of amides is 4. The van der Waals surface area contributed by atoms with Gasteiger partial charge in [-0.2, -0.15) is 0 Å². The number of aliphatic carboxylic acids is 1. The Hall–Kier alpha value is -3.50. The molecule has 4 amide bonds. The molecule has 11 heteroatoms. The topological polar surface area (TPSA) is 145 Å². The maximum absolute atomic E-state index is 13.3. The second-order valence-electron chi connectivity index (χ2n) is 7.35. The standard InChI is InChI=1S/C20H25FN4O6/c1-11-19(29)24-15(12-3-5-13(21)6-4-12)9-16(26)23-14(20(30)31)7-8-18(28)25(2)10-17(27)22-11/h3-6,11,14-15H,7-10H2,1-2H3,(H,22,27)(H,23,26)(H,24,29)(H,30,31)/t11-,14-,15+/m0/s1. The molecular weight excluding hydrogens is 411 g/mol. The van der Waals surface area contributed by atoms with Crippen molar-refractivity contribution in [3.63, 3.8) is 0 Å². The van der Waals surface area contributed by atoms with E-state index in [-0.39, 0.29) is 25.8 Å². The number of nitrogens with one attached hydrogen (secondary N) is 3. The molecule has 168 valence electrons. The lowest BCUT2D eigenvalue weighted by Gasteiger charge is -2.23. The molecule has 0 aliphatic carbocycles. The van der Waals surface area contributed by atoms with Gasteiger partial charge < -0.3 is 26.0 Å². The van der Waals surface area contributed by atoms with Crippen LogP contribution < -0.4 is 16.0 Å². The minimum absolute atomic E-state index is 0.171. The maximum atomic E-state index is 13.3. The Morgan fingerprint density at radius 2 is 1.71 bits per heavy atom. The fourth-order valence-corrected chi connectivity index (χ4v) is 3.05. The summed E-state index contributed by atoms with van der Waals surface area (Å²) in [5.41, 5.74) is 0.425. The van der Waals surface area contributed by atoms with Crippen molar-refractivity contribution in [3.8, 4) is 0 Å². The van der Waals surface area contributed by atoms with Crippen LogP contribution in [0.1, 0.15) is 37.8 Å². The molecule has 0 radical (unpaired) electrons. The van der Waals surface area contributed by atoms with Crippen LogP contribution in [0.15, 0.2) is 24.3 Å². The summed E-state index contributed by atoms with van der Waals surface area (Å²) in [6.45, 7) is 1.12. The van der Waals surface area contributed by atoms with Gasteiger partial charge in [0.1, 0.15) is 17.9 Å². The lowest BCUT2D eigenvalue weighted by molar-refractivity contribution is -0.142. The van der Waals surface area contributed by atoms with Crippen LogP contribution in [-0.2, 0) is 24.0 Å². The summed E-state index contributed by atoms with van der Waals surface area (Å²) in [6.07, 6.45) is -0.694. The number of halogens is 1. The number of carbonyl (C=O) groups excluding carboxylic acids is 4. The highest BCUT2D eigenvalue weighted by molar-refractivity contribution is 5.91. The fourth-order valence-electron chi connectivity index (χ4n) is 3.05. The number of hydrogen-bond acceptors (Lipinski definition) is 5. The van der Waals surface area contributed by atoms with Crippen LogP contribution in [0.4, 0.5) is 4.39 Å². The highest BCUT2D eigenvalue weighted by Gasteiger charge is 2.27. The molecule has 1 aromatic carbocycles. The van der Waals surface area contributed by atoms with E-state index in [1.807, 2.05) is 0 Å². The Kier molecular flexibility index (Phi) is 8.06. The van der Waals surface area contributed by atoms with Crippen LogP contribution in [0.2, 0.25) is 0 Å². The summed E-state index contributed by atoms with van der Waals surface area (Å²) in [5.74, 6) is -4.15. The molecule has 0 aromatic heterocycles. The van der Waals surface area contributed by atoms with E-state index >= 15 is 0 Å². The molecule has 1 aromatic rings. The van der Waals surface area contributed by atoms with Gasteiger partial charge in [-0.25, -0.2) is 9.18 Å². The maximum Gasteiger partial charge on any atom is 0.326 e. The van der Waals surface area contributed by atoms with Gasteiger partial charge in [0, 0.05) is 13.5 Å². The Bertz CT molecular complexity index is 860. The Balaban J connectivity index is 2.31. The number of carboxylic acids is 1. The molecule has 0 unspecified atom stereocenters. The second kappa shape index (κ2) is 10.5. The molecule has 1 aliphatic heterocycles. The van der Waals surface area contributed by atoms with Crippen molar-refractivity contribution in [2.24, 2.45) is 0 Å². The first-order chi connectivity index (χ1) is 14.6. The van der Waals surface area contributed by atoms with Crippen molar-refractivity contribution < 1.29 is 33.5 Å².